The fourth-order valence-corrected chi connectivity index (χ4v) is 2.72. The molecule has 0 aliphatic heterocycles. The molecule has 0 spiro atoms. The molecule has 1 fully saturated rings. The van der Waals surface area contributed by atoms with Gasteiger partial charge in [-0.3, -0.25) is 9.59 Å². The molecule has 4 nitrogen and oxygen atoms in total. The summed E-state index contributed by atoms with van der Waals surface area (Å²) in [5, 5.41) is 9.96. The zero-order valence-electron chi connectivity index (χ0n) is 11.2. The van der Waals surface area contributed by atoms with Crippen molar-refractivity contribution in [1.82, 2.24) is 4.98 Å². The molecule has 3 rings (SSSR count). The number of aliphatic hydroxyl groups excluding tert-OH is 1. The van der Waals surface area contributed by atoms with Gasteiger partial charge in [0.25, 0.3) is 0 Å². The average Bonchev–Trinajstić information content (AvgIpc) is 2.86. The molecule has 20 heavy (non-hydrogen) atoms. The molecule has 0 amide bonds. The standard InChI is InChI=1S/C15H13NO3.Na/c17-8-12-14(18)6-9(7-15(12)19)10-2-1-3-13-11(10)4-5-16-13;/h1-5,8-9,16-17H,6-7H2;. The van der Waals surface area contributed by atoms with Crippen LogP contribution in [-0.4, -0.2) is 51.2 Å². The topological polar surface area (TPSA) is 70.2 Å². The van der Waals surface area contributed by atoms with E-state index in [0.29, 0.717) is 6.26 Å². The van der Waals surface area contributed by atoms with E-state index in [1.165, 1.54) is 0 Å². The van der Waals surface area contributed by atoms with Crippen molar-refractivity contribution in [1.29, 1.82) is 0 Å². The van der Waals surface area contributed by atoms with Gasteiger partial charge in [-0.15, -0.1) is 0 Å². The predicted octanol–water partition coefficient (Wildman–Crippen LogP) is 2.24. The van der Waals surface area contributed by atoms with Gasteiger partial charge in [0.1, 0.15) is 0 Å². The van der Waals surface area contributed by atoms with Crippen LogP contribution in [0.1, 0.15) is 24.3 Å². The minimum Gasteiger partial charge on any atom is -0.515 e. The van der Waals surface area contributed by atoms with Crippen LogP contribution in [0, 0.1) is 0 Å². The molecule has 0 saturated heterocycles. The van der Waals surface area contributed by atoms with E-state index in [4.69, 9.17) is 5.11 Å². The molecular weight excluding hydrogens is 265 g/mol. The first-order valence-corrected chi connectivity index (χ1v) is 6.17. The number of hydrogen-bond acceptors (Lipinski definition) is 3. The summed E-state index contributed by atoms with van der Waals surface area (Å²) >= 11 is 0. The van der Waals surface area contributed by atoms with E-state index < -0.39 is 0 Å². The van der Waals surface area contributed by atoms with Crippen molar-refractivity contribution < 1.29 is 14.7 Å². The normalized spacial score (nSPS) is 19.0. The summed E-state index contributed by atoms with van der Waals surface area (Å²) in [6, 6.07) is 7.79. The third-order valence-corrected chi connectivity index (χ3v) is 3.66. The van der Waals surface area contributed by atoms with Gasteiger partial charge in [0.05, 0.1) is 11.8 Å². The number of carbonyl (C=O) groups is 2. The number of carbonyl (C=O) groups excluding carboxylic acids is 2. The number of allylic oxidation sites excluding steroid dienone is 1. The van der Waals surface area contributed by atoms with Gasteiger partial charge < -0.3 is 10.1 Å². The van der Waals surface area contributed by atoms with E-state index in [-0.39, 0.29) is 65.5 Å². The molecule has 1 saturated carbocycles. The van der Waals surface area contributed by atoms with Gasteiger partial charge in [-0.1, -0.05) is 12.1 Å². The second-order valence-corrected chi connectivity index (χ2v) is 4.78. The van der Waals surface area contributed by atoms with Crippen molar-refractivity contribution in [2.75, 3.05) is 0 Å². The molecule has 1 aliphatic carbocycles. The smallest absolute Gasteiger partial charge is 0.170 e. The second kappa shape index (κ2) is 5.95. The maximum atomic E-state index is 11.8. The van der Waals surface area contributed by atoms with Gasteiger partial charge in [0, 0.05) is 59.5 Å². The van der Waals surface area contributed by atoms with Gasteiger partial charge in [0.2, 0.25) is 0 Å². The molecule has 1 aliphatic rings. The number of H-pyrrole nitrogens is 1. The number of nitrogens with one attached hydrogen (secondary N) is 1. The molecule has 2 aromatic rings. The van der Waals surface area contributed by atoms with Crippen molar-refractivity contribution in [2.45, 2.75) is 18.8 Å². The summed E-state index contributed by atoms with van der Waals surface area (Å²) in [6.45, 7) is 0. The quantitative estimate of drug-likeness (QED) is 0.364. The van der Waals surface area contributed by atoms with Gasteiger partial charge >= 0.3 is 0 Å². The Bertz CT molecular complexity index is 682. The van der Waals surface area contributed by atoms with Gasteiger partial charge in [-0.05, 0) is 23.6 Å². The van der Waals surface area contributed by atoms with Crippen LogP contribution in [0.4, 0.5) is 0 Å². The Morgan fingerprint density at radius 3 is 2.50 bits per heavy atom. The van der Waals surface area contributed by atoms with Gasteiger partial charge in [-0.25, -0.2) is 0 Å². The van der Waals surface area contributed by atoms with Crippen LogP contribution >= 0.6 is 0 Å². The van der Waals surface area contributed by atoms with Crippen LogP contribution < -0.4 is 0 Å². The SMILES string of the molecule is O=C1CC(c2cccc3[nH]ccc23)CC(=O)C1=CO.[Na]. The van der Waals surface area contributed by atoms with E-state index in [1.807, 2.05) is 30.5 Å². The number of Topliss-reactive ketones (excluding diaryl/α,β-unsaturated/α-hetero) is 2. The summed E-state index contributed by atoms with van der Waals surface area (Å²) in [4.78, 5) is 26.8. The van der Waals surface area contributed by atoms with Crippen molar-refractivity contribution >= 4 is 52.0 Å². The van der Waals surface area contributed by atoms with Crippen molar-refractivity contribution in [3.05, 3.63) is 47.9 Å². The summed E-state index contributed by atoms with van der Waals surface area (Å²) in [5.74, 6) is -0.671. The Labute approximate surface area is 138 Å². The van der Waals surface area contributed by atoms with Crippen molar-refractivity contribution in [3.63, 3.8) is 0 Å². The Morgan fingerprint density at radius 1 is 1.15 bits per heavy atom. The fraction of sp³-hybridized carbons (Fsp3) is 0.200. The first-order valence-electron chi connectivity index (χ1n) is 6.17. The average molecular weight is 278 g/mol. The largest absolute Gasteiger partial charge is 0.515 e. The van der Waals surface area contributed by atoms with Crippen LogP contribution in [0.5, 0.6) is 0 Å². The number of aromatic amines is 1. The third-order valence-electron chi connectivity index (χ3n) is 3.66. The number of rotatable bonds is 1. The molecular formula is C15H13NNaO3. The van der Waals surface area contributed by atoms with E-state index in [2.05, 4.69) is 4.98 Å². The van der Waals surface area contributed by atoms with E-state index in [9.17, 15) is 9.59 Å². The molecule has 1 radical (unpaired) electrons. The number of aliphatic hydroxyl groups is 1. The molecule has 1 aromatic heterocycles. The molecule has 0 bridgehead atoms. The molecule has 0 atom stereocenters. The minimum atomic E-state index is -0.281. The van der Waals surface area contributed by atoms with Crippen LogP contribution in [0.2, 0.25) is 0 Å². The van der Waals surface area contributed by atoms with Crippen molar-refractivity contribution in [2.24, 2.45) is 0 Å². The number of ketones is 2. The summed E-state index contributed by atoms with van der Waals surface area (Å²) in [6.07, 6.45) is 3.02. The van der Waals surface area contributed by atoms with Crippen LogP contribution in [0.25, 0.3) is 10.9 Å². The van der Waals surface area contributed by atoms with Gasteiger partial charge in [0.15, 0.2) is 11.6 Å². The maximum Gasteiger partial charge on any atom is 0.170 e. The summed E-state index contributed by atoms with van der Waals surface area (Å²) in [5.41, 5.74) is 1.94. The third kappa shape index (κ3) is 2.46. The number of aromatic nitrogens is 1. The Hall–Kier alpha value is -1.36. The fourth-order valence-electron chi connectivity index (χ4n) is 2.72. The Morgan fingerprint density at radius 2 is 1.85 bits per heavy atom. The van der Waals surface area contributed by atoms with E-state index in [1.54, 1.807) is 0 Å². The van der Waals surface area contributed by atoms with Crippen LogP contribution in [0.15, 0.2) is 42.3 Å². The Kier molecular flexibility index (Phi) is 4.48. The second-order valence-electron chi connectivity index (χ2n) is 4.78. The first kappa shape index (κ1) is 15.0. The van der Waals surface area contributed by atoms with Crippen LogP contribution in [0.3, 0.4) is 0 Å². The molecule has 1 aromatic carbocycles. The number of hydrogen-bond donors (Lipinski definition) is 2. The zero-order valence-corrected chi connectivity index (χ0v) is 13.2. The number of benzene rings is 1. The first-order chi connectivity index (χ1) is 9.20. The zero-order chi connectivity index (χ0) is 13.4. The molecule has 0 unspecified atom stereocenters. The Balaban J connectivity index is 0.00000147. The maximum absolute atomic E-state index is 11.8. The van der Waals surface area contributed by atoms with Crippen LogP contribution in [-0.2, 0) is 9.59 Å². The summed E-state index contributed by atoms with van der Waals surface area (Å²) < 4.78 is 0. The summed E-state index contributed by atoms with van der Waals surface area (Å²) in [7, 11) is 0. The van der Waals surface area contributed by atoms with Crippen molar-refractivity contribution in [3.8, 4) is 0 Å². The minimum absolute atomic E-state index is 0. The van der Waals surface area contributed by atoms with Gasteiger partial charge in [-0.2, -0.15) is 0 Å². The van der Waals surface area contributed by atoms with E-state index in [0.717, 1.165) is 16.5 Å². The predicted molar refractivity (Wildman–Crippen MR) is 76.8 cm³/mol. The molecule has 2 N–H and O–H groups in total. The monoisotopic (exact) mass is 278 g/mol. The molecule has 97 valence electrons. The molecule has 1 heterocycles. The number of fused-ring (bicyclic) bond motifs is 1. The van der Waals surface area contributed by atoms with E-state index >= 15 is 0 Å². The molecule has 5 heteroatoms.